The second-order valence-corrected chi connectivity index (χ2v) is 6.50. The van der Waals surface area contributed by atoms with E-state index in [0.29, 0.717) is 35.5 Å². The second kappa shape index (κ2) is 10.1. The lowest BCUT2D eigenvalue weighted by molar-refractivity contribution is 0.262. The number of aromatic nitrogens is 2. The third-order valence-corrected chi connectivity index (χ3v) is 4.03. The van der Waals surface area contributed by atoms with Crippen LogP contribution in [0.4, 0.5) is 27.7 Å². The van der Waals surface area contributed by atoms with E-state index >= 15 is 0 Å². The largest absolute Gasteiger partial charge is 0.497 e. The highest BCUT2D eigenvalue weighted by Crippen LogP contribution is 2.21. The molecule has 0 aliphatic rings. The zero-order chi connectivity index (χ0) is 21.3. The predicted octanol–water partition coefficient (Wildman–Crippen LogP) is 4.97. The normalized spacial score (nSPS) is 10.2. The zero-order valence-electron chi connectivity index (χ0n) is 17.2. The maximum atomic E-state index is 12.2. The molecule has 0 saturated heterocycles. The van der Waals surface area contributed by atoms with E-state index in [0.717, 1.165) is 17.9 Å². The Bertz CT molecular complexity index is 975. The van der Waals surface area contributed by atoms with Crippen molar-refractivity contribution in [2.45, 2.75) is 20.3 Å². The van der Waals surface area contributed by atoms with Gasteiger partial charge < -0.3 is 25.4 Å². The summed E-state index contributed by atoms with van der Waals surface area (Å²) in [4.78, 5) is 20.8. The first-order valence-electron chi connectivity index (χ1n) is 9.63. The van der Waals surface area contributed by atoms with Crippen molar-refractivity contribution in [1.29, 1.82) is 0 Å². The monoisotopic (exact) mass is 407 g/mol. The average Bonchev–Trinajstić information content (AvgIpc) is 2.74. The van der Waals surface area contributed by atoms with Crippen LogP contribution in [-0.2, 0) is 0 Å². The van der Waals surface area contributed by atoms with E-state index < -0.39 is 0 Å². The zero-order valence-corrected chi connectivity index (χ0v) is 17.2. The Morgan fingerprint density at radius 1 is 0.933 bits per heavy atom. The van der Waals surface area contributed by atoms with Crippen LogP contribution in [0.15, 0.2) is 54.6 Å². The van der Waals surface area contributed by atoms with Gasteiger partial charge in [0, 0.05) is 23.1 Å². The van der Waals surface area contributed by atoms with Crippen LogP contribution in [0.3, 0.4) is 0 Å². The summed E-state index contributed by atoms with van der Waals surface area (Å²) in [6.07, 6.45) is 0.909. The van der Waals surface area contributed by atoms with Crippen LogP contribution in [0, 0.1) is 6.92 Å². The Morgan fingerprint density at radius 3 is 2.13 bits per heavy atom. The maximum Gasteiger partial charge on any atom is 0.323 e. The molecule has 0 saturated carbocycles. The molecule has 8 nitrogen and oxygen atoms in total. The van der Waals surface area contributed by atoms with Crippen molar-refractivity contribution in [3.05, 3.63) is 60.4 Å². The number of nitrogens with zero attached hydrogens (tertiary/aromatic N) is 2. The Labute approximate surface area is 175 Å². The molecular weight excluding hydrogens is 382 g/mol. The van der Waals surface area contributed by atoms with Crippen LogP contribution in [0.1, 0.15) is 19.2 Å². The van der Waals surface area contributed by atoms with Crippen LogP contribution < -0.4 is 25.4 Å². The number of amides is 2. The Kier molecular flexibility index (Phi) is 7.05. The molecule has 0 unspecified atom stereocenters. The minimum Gasteiger partial charge on any atom is -0.497 e. The van der Waals surface area contributed by atoms with Crippen LogP contribution >= 0.6 is 0 Å². The fourth-order valence-electron chi connectivity index (χ4n) is 2.64. The van der Waals surface area contributed by atoms with Gasteiger partial charge in [-0.15, -0.1) is 0 Å². The number of methoxy groups -OCH3 is 1. The summed E-state index contributed by atoms with van der Waals surface area (Å²) < 4.78 is 10.7. The van der Waals surface area contributed by atoms with Crippen molar-refractivity contribution in [3.8, 4) is 11.6 Å². The van der Waals surface area contributed by atoms with Crippen molar-refractivity contribution in [2.24, 2.45) is 0 Å². The fraction of sp³-hybridized carbons (Fsp3) is 0.227. The second-order valence-electron chi connectivity index (χ2n) is 6.50. The number of ether oxygens (including phenoxy) is 2. The van der Waals surface area contributed by atoms with E-state index in [4.69, 9.17) is 9.47 Å². The first kappa shape index (κ1) is 20.9. The third kappa shape index (κ3) is 6.10. The van der Waals surface area contributed by atoms with Gasteiger partial charge in [-0.25, -0.2) is 9.78 Å². The number of hydrogen-bond donors (Lipinski definition) is 3. The van der Waals surface area contributed by atoms with Crippen molar-refractivity contribution in [2.75, 3.05) is 29.7 Å². The highest BCUT2D eigenvalue weighted by Gasteiger charge is 2.06. The molecular formula is C22H25N5O3. The molecule has 2 aromatic carbocycles. The van der Waals surface area contributed by atoms with Gasteiger partial charge in [0.05, 0.1) is 13.7 Å². The molecule has 0 aliphatic carbocycles. The van der Waals surface area contributed by atoms with Gasteiger partial charge in [0.25, 0.3) is 0 Å². The summed E-state index contributed by atoms with van der Waals surface area (Å²) in [6, 6.07) is 15.9. The van der Waals surface area contributed by atoms with E-state index in [1.807, 2.05) is 26.0 Å². The number of hydrogen-bond acceptors (Lipinski definition) is 6. The molecule has 30 heavy (non-hydrogen) atoms. The van der Waals surface area contributed by atoms with Gasteiger partial charge in [-0.2, -0.15) is 4.98 Å². The molecule has 3 N–H and O–H groups in total. The Balaban J connectivity index is 1.58. The number of aryl methyl sites for hydroxylation is 1. The number of carbonyl (C=O) groups excluding carboxylic acids is 1. The molecule has 156 valence electrons. The minimum absolute atomic E-state index is 0.329. The van der Waals surface area contributed by atoms with E-state index in [2.05, 4.69) is 25.9 Å². The predicted molar refractivity (Wildman–Crippen MR) is 118 cm³/mol. The summed E-state index contributed by atoms with van der Waals surface area (Å²) in [6.45, 7) is 4.47. The molecule has 0 radical (unpaired) electrons. The topological polar surface area (TPSA) is 97.4 Å². The lowest BCUT2D eigenvalue weighted by Crippen LogP contribution is -2.19. The van der Waals surface area contributed by atoms with E-state index in [-0.39, 0.29) is 6.03 Å². The van der Waals surface area contributed by atoms with Crippen molar-refractivity contribution in [1.82, 2.24) is 9.97 Å². The maximum absolute atomic E-state index is 12.2. The van der Waals surface area contributed by atoms with Crippen molar-refractivity contribution < 1.29 is 14.3 Å². The van der Waals surface area contributed by atoms with Gasteiger partial charge in [-0.1, -0.05) is 6.92 Å². The van der Waals surface area contributed by atoms with Crippen LogP contribution in [0.25, 0.3) is 0 Å². The summed E-state index contributed by atoms with van der Waals surface area (Å²) in [5.41, 5.74) is 2.17. The molecule has 0 bridgehead atoms. The SMILES string of the molecule is CCCOc1cc(Nc2ccc(NC(=O)Nc3ccc(OC)cc3)cc2)nc(C)n1. The van der Waals surface area contributed by atoms with E-state index in [9.17, 15) is 4.79 Å². The quantitative estimate of drug-likeness (QED) is 0.488. The average molecular weight is 407 g/mol. The first-order chi connectivity index (χ1) is 14.6. The molecule has 0 spiro atoms. The van der Waals surface area contributed by atoms with Crippen LogP contribution in [0.5, 0.6) is 11.6 Å². The summed E-state index contributed by atoms with van der Waals surface area (Å²) >= 11 is 0. The molecule has 0 atom stereocenters. The fourth-order valence-corrected chi connectivity index (χ4v) is 2.64. The van der Waals surface area contributed by atoms with Crippen molar-refractivity contribution in [3.63, 3.8) is 0 Å². The number of carbonyl (C=O) groups is 1. The first-order valence-corrected chi connectivity index (χ1v) is 9.63. The molecule has 3 aromatic rings. The lowest BCUT2D eigenvalue weighted by Gasteiger charge is -2.11. The standard InChI is InChI=1S/C22H25N5O3/c1-4-13-30-21-14-20(23-15(2)24-21)25-16-5-7-17(8-6-16)26-22(28)27-18-9-11-19(29-3)12-10-18/h5-12,14H,4,13H2,1-3H3,(H,23,24,25)(H2,26,27,28). The summed E-state index contributed by atoms with van der Waals surface area (Å²) in [7, 11) is 1.60. The van der Waals surface area contributed by atoms with Gasteiger partial charge >= 0.3 is 6.03 Å². The van der Waals surface area contributed by atoms with Crippen molar-refractivity contribution >= 4 is 28.9 Å². The third-order valence-electron chi connectivity index (χ3n) is 4.03. The molecule has 2 amide bonds. The number of urea groups is 1. The smallest absolute Gasteiger partial charge is 0.323 e. The number of nitrogens with one attached hydrogen (secondary N) is 3. The number of benzene rings is 2. The molecule has 1 aromatic heterocycles. The number of rotatable bonds is 8. The Hall–Kier alpha value is -3.81. The Morgan fingerprint density at radius 2 is 1.53 bits per heavy atom. The molecule has 8 heteroatoms. The van der Waals surface area contributed by atoms with Crippen LogP contribution in [0.2, 0.25) is 0 Å². The highest BCUT2D eigenvalue weighted by atomic mass is 16.5. The molecule has 0 aliphatic heterocycles. The minimum atomic E-state index is -0.329. The van der Waals surface area contributed by atoms with Gasteiger partial charge in [0.2, 0.25) is 5.88 Å². The van der Waals surface area contributed by atoms with Gasteiger partial charge in [-0.3, -0.25) is 0 Å². The molecule has 3 rings (SSSR count). The van der Waals surface area contributed by atoms with Crippen LogP contribution in [-0.4, -0.2) is 29.7 Å². The molecule has 1 heterocycles. The number of anilines is 4. The summed E-state index contributed by atoms with van der Waals surface area (Å²) in [5.74, 6) is 2.54. The van der Waals surface area contributed by atoms with Gasteiger partial charge in [0.15, 0.2) is 0 Å². The van der Waals surface area contributed by atoms with E-state index in [1.165, 1.54) is 0 Å². The summed E-state index contributed by atoms with van der Waals surface area (Å²) in [5, 5.41) is 8.79. The van der Waals surface area contributed by atoms with Gasteiger partial charge in [0.1, 0.15) is 17.4 Å². The highest BCUT2D eigenvalue weighted by molar-refractivity contribution is 5.99. The van der Waals surface area contributed by atoms with Gasteiger partial charge in [-0.05, 0) is 61.9 Å². The lowest BCUT2D eigenvalue weighted by atomic mass is 10.2. The molecule has 0 fully saturated rings. The van der Waals surface area contributed by atoms with E-state index in [1.54, 1.807) is 49.6 Å².